The Morgan fingerprint density at radius 2 is 1.96 bits per heavy atom. The van der Waals surface area contributed by atoms with E-state index in [2.05, 4.69) is 20.4 Å². The Morgan fingerprint density at radius 1 is 1.21 bits per heavy atom. The number of halogens is 3. The van der Waals surface area contributed by atoms with Gasteiger partial charge in [-0.3, -0.25) is 4.68 Å². The molecule has 0 amide bonds. The lowest BCUT2D eigenvalue weighted by Gasteiger charge is -2.23. The Labute approximate surface area is 136 Å². The van der Waals surface area contributed by atoms with Crippen LogP contribution in [0.2, 0.25) is 0 Å². The summed E-state index contributed by atoms with van der Waals surface area (Å²) in [5.74, 6) is 0.339. The zero-order valence-electron chi connectivity index (χ0n) is 13.2. The molecule has 3 aromatic rings. The van der Waals surface area contributed by atoms with Crippen LogP contribution in [-0.2, 0) is 7.05 Å². The maximum absolute atomic E-state index is 13.1. The number of rotatable bonds is 4. The number of hydrogen-bond donors (Lipinski definition) is 1. The maximum atomic E-state index is 13.1. The molecule has 1 unspecified atom stereocenters. The molecule has 1 aromatic carbocycles. The maximum Gasteiger partial charge on any atom is 0.391 e. The smallest absolute Gasteiger partial charge is 0.362 e. The van der Waals surface area contributed by atoms with Gasteiger partial charge in [0, 0.05) is 13.2 Å². The summed E-state index contributed by atoms with van der Waals surface area (Å²) in [5.41, 5.74) is 1.81. The average molecular weight is 335 g/mol. The lowest BCUT2D eigenvalue weighted by atomic mass is 9.98. The van der Waals surface area contributed by atoms with Gasteiger partial charge in [-0.05, 0) is 18.1 Å². The molecular weight excluding hydrogens is 319 g/mol. The molecule has 24 heavy (non-hydrogen) atoms. The minimum atomic E-state index is -4.30. The number of hydrogen-bond acceptors (Lipinski definition) is 4. The third kappa shape index (κ3) is 3.47. The van der Waals surface area contributed by atoms with Crippen LogP contribution in [0.5, 0.6) is 0 Å². The summed E-state index contributed by atoms with van der Waals surface area (Å²) in [5, 5.41) is 7.66. The molecule has 1 atom stereocenters. The van der Waals surface area contributed by atoms with Crippen molar-refractivity contribution in [2.24, 2.45) is 7.05 Å². The van der Waals surface area contributed by atoms with Crippen molar-refractivity contribution in [2.75, 3.05) is 5.32 Å². The monoisotopic (exact) mass is 335 g/mol. The van der Waals surface area contributed by atoms with Gasteiger partial charge < -0.3 is 5.32 Å². The van der Waals surface area contributed by atoms with E-state index in [1.165, 1.54) is 6.33 Å². The normalized spacial score (nSPS) is 13.2. The predicted octanol–water partition coefficient (Wildman–Crippen LogP) is 3.78. The van der Waals surface area contributed by atoms with Gasteiger partial charge in [0.2, 0.25) is 0 Å². The SMILES string of the molecule is Cc1ccccc1C(CC(F)(F)F)Nc1ncnc2nn(C)cc12. The quantitative estimate of drug-likeness (QED) is 0.788. The number of aromatic nitrogens is 4. The highest BCUT2D eigenvalue weighted by Crippen LogP contribution is 2.34. The molecular formula is C16H16F3N5. The van der Waals surface area contributed by atoms with Gasteiger partial charge in [0.1, 0.15) is 12.1 Å². The summed E-state index contributed by atoms with van der Waals surface area (Å²) in [7, 11) is 1.72. The second-order valence-electron chi connectivity index (χ2n) is 5.64. The van der Waals surface area contributed by atoms with Crippen LogP contribution in [0.4, 0.5) is 19.0 Å². The van der Waals surface area contributed by atoms with Gasteiger partial charge in [0.15, 0.2) is 5.65 Å². The summed E-state index contributed by atoms with van der Waals surface area (Å²) in [6.07, 6.45) is -2.33. The fraction of sp³-hybridized carbons (Fsp3) is 0.312. The van der Waals surface area contributed by atoms with Gasteiger partial charge in [-0.2, -0.15) is 18.3 Å². The summed E-state index contributed by atoms with van der Waals surface area (Å²) in [6.45, 7) is 1.79. The van der Waals surface area contributed by atoms with Gasteiger partial charge in [-0.25, -0.2) is 9.97 Å². The summed E-state index contributed by atoms with van der Waals surface area (Å²) in [4.78, 5) is 8.13. The highest BCUT2D eigenvalue weighted by molar-refractivity contribution is 5.85. The molecule has 0 saturated carbocycles. The molecule has 1 N–H and O–H groups in total. The first kappa shape index (κ1) is 16.2. The van der Waals surface area contributed by atoms with Crippen molar-refractivity contribution in [2.45, 2.75) is 25.6 Å². The molecule has 0 bridgehead atoms. The molecule has 3 rings (SSSR count). The Morgan fingerprint density at radius 3 is 2.67 bits per heavy atom. The van der Waals surface area contributed by atoms with Crippen LogP contribution in [-0.4, -0.2) is 25.9 Å². The van der Waals surface area contributed by atoms with Gasteiger partial charge in [0.25, 0.3) is 0 Å². The number of nitrogens with one attached hydrogen (secondary N) is 1. The third-order valence-corrected chi connectivity index (χ3v) is 3.74. The molecule has 8 heteroatoms. The molecule has 0 radical (unpaired) electrons. The number of alkyl halides is 3. The van der Waals surface area contributed by atoms with E-state index in [0.29, 0.717) is 22.4 Å². The van der Waals surface area contributed by atoms with E-state index < -0.39 is 18.6 Å². The van der Waals surface area contributed by atoms with Crippen molar-refractivity contribution < 1.29 is 13.2 Å². The van der Waals surface area contributed by atoms with E-state index in [-0.39, 0.29) is 0 Å². The second kappa shape index (κ2) is 6.10. The van der Waals surface area contributed by atoms with Crippen LogP contribution in [0.15, 0.2) is 36.8 Å². The van der Waals surface area contributed by atoms with E-state index in [4.69, 9.17) is 0 Å². The Kier molecular flexibility index (Phi) is 4.13. The molecule has 0 aliphatic heterocycles. The number of aryl methyl sites for hydroxylation is 2. The molecule has 126 valence electrons. The zero-order valence-corrected chi connectivity index (χ0v) is 13.2. The first-order valence-corrected chi connectivity index (χ1v) is 7.36. The minimum absolute atomic E-state index is 0.339. The van der Waals surface area contributed by atoms with Crippen LogP contribution in [0.3, 0.4) is 0 Å². The lowest BCUT2D eigenvalue weighted by Crippen LogP contribution is -2.21. The van der Waals surface area contributed by atoms with Crippen molar-refractivity contribution in [1.82, 2.24) is 19.7 Å². The van der Waals surface area contributed by atoms with E-state index in [0.717, 1.165) is 5.56 Å². The Hall–Kier alpha value is -2.64. The van der Waals surface area contributed by atoms with Crippen molar-refractivity contribution in [3.05, 3.63) is 47.9 Å². The van der Waals surface area contributed by atoms with Gasteiger partial charge >= 0.3 is 6.18 Å². The number of anilines is 1. The molecule has 0 saturated heterocycles. The lowest BCUT2D eigenvalue weighted by molar-refractivity contribution is -0.137. The van der Waals surface area contributed by atoms with E-state index in [1.54, 1.807) is 49.1 Å². The van der Waals surface area contributed by atoms with Crippen LogP contribution >= 0.6 is 0 Å². The van der Waals surface area contributed by atoms with Crippen LogP contribution in [0.1, 0.15) is 23.6 Å². The molecule has 2 aromatic heterocycles. The molecule has 0 aliphatic carbocycles. The molecule has 2 heterocycles. The van der Waals surface area contributed by atoms with Crippen LogP contribution in [0, 0.1) is 6.92 Å². The van der Waals surface area contributed by atoms with Gasteiger partial charge in [-0.15, -0.1) is 0 Å². The Balaban J connectivity index is 2.01. The van der Waals surface area contributed by atoms with Crippen LogP contribution in [0.25, 0.3) is 11.0 Å². The molecule has 0 aliphatic rings. The topological polar surface area (TPSA) is 55.6 Å². The predicted molar refractivity (Wildman–Crippen MR) is 84.5 cm³/mol. The number of nitrogens with zero attached hydrogens (tertiary/aromatic N) is 4. The largest absolute Gasteiger partial charge is 0.391 e. The minimum Gasteiger partial charge on any atom is -0.362 e. The van der Waals surface area contributed by atoms with Crippen LogP contribution < -0.4 is 5.32 Å². The first-order valence-electron chi connectivity index (χ1n) is 7.36. The number of fused-ring (bicyclic) bond motifs is 1. The van der Waals surface area contributed by atoms with E-state index in [9.17, 15) is 13.2 Å². The second-order valence-corrected chi connectivity index (χ2v) is 5.64. The summed E-state index contributed by atoms with van der Waals surface area (Å²) < 4.78 is 40.7. The Bertz CT molecular complexity index is 856. The highest BCUT2D eigenvalue weighted by Gasteiger charge is 2.33. The van der Waals surface area contributed by atoms with E-state index in [1.807, 2.05) is 0 Å². The van der Waals surface area contributed by atoms with Crippen molar-refractivity contribution in [1.29, 1.82) is 0 Å². The fourth-order valence-electron chi connectivity index (χ4n) is 2.68. The highest BCUT2D eigenvalue weighted by atomic mass is 19.4. The van der Waals surface area contributed by atoms with Crippen molar-refractivity contribution in [3.63, 3.8) is 0 Å². The van der Waals surface area contributed by atoms with Gasteiger partial charge in [-0.1, -0.05) is 24.3 Å². The third-order valence-electron chi connectivity index (χ3n) is 3.74. The molecule has 0 spiro atoms. The fourth-order valence-corrected chi connectivity index (χ4v) is 2.68. The average Bonchev–Trinajstić information content (AvgIpc) is 2.87. The standard InChI is InChI=1S/C16H16F3N5/c1-10-5-3-4-6-11(10)13(7-16(17,18)19)22-14-12-8-24(2)23-15(12)21-9-20-14/h3-6,8-9,13H,7H2,1-2H3,(H,20,21,22,23). The van der Waals surface area contributed by atoms with Crippen molar-refractivity contribution in [3.8, 4) is 0 Å². The zero-order chi connectivity index (χ0) is 17.3. The van der Waals surface area contributed by atoms with Gasteiger partial charge in [0.05, 0.1) is 17.8 Å². The number of benzene rings is 1. The van der Waals surface area contributed by atoms with Crippen molar-refractivity contribution >= 4 is 16.9 Å². The molecule has 0 fully saturated rings. The summed E-state index contributed by atoms with van der Waals surface area (Å²) in [6, 6.07) is 6.07. The van der Waals surface area contributed by atoms with E-state index >= 15 is 0 Å². The first-order chi connectivity index (χ1) is 11.3. The summed E-state index contributed by atoms with van der Waals surface area (Å²) >= 11 is 0. The molecule has 5 nitrogen and oxygen atoms in total.